The van der Waals surface area contributed by atoms with Crippen LogP contribution in [0.5, 0.6) is 5.75 Å². The first-order valence-electron chi connectivity index (χ1n) is 8.15. The Morgan fingerprint density at radius 2 is 1.96 bits per heavy atom. The van der Waals surface area contributed by atoms with E-state index in [1.165, 1.54) is 23.5 Å². The molecule has 2 aromatic carbocycles. The predicted octanol–water partition coefficient (Wildman–Crippen LogP) is 5.65. The van der Waals surface area contributed by atoms with Crippen molar-refractivity contribution in [3.8, 4) is 16.3 Å². The highest BCUT2D eigenvalue weighted by Crippen LogP contribution is 2.30. The van der Waals surface area contributed by atoms with E-state index >= 15 is 0 Å². The maximum atomic E-state index is 12.6. The summed E-state index contributed by atoms with van der Waals surface area (Å²) in [5, 5.41) is 4.76. The minimum atomic E-state index is -4.42. The summed E-state index contributed by atoms with van der Waals surface area (Å²) in [7, 11) is 0. The van der Waals surface area contributed by atoms with E-state index in [1.807, 2.05) is 12.1 Å². The topological polar surface area (TPSA) is 51.2 Å². The van der Waals surface area contributed by atoms with E-state index in [0.717, 1.165) is 17.7 Å². The number of amides is 1. The summed E-state index contributed by atoms with van der Waals surface area (Å²) in [6.07, 6.45) is -2.78. The molecule has 4 nitrogen and oxygen atoms in total. The molecule has 1 amide bonds. The number of hydrogen-bond acceptors (Lipinski definition) is 4. The summed E-state index contributed by atoms with van der Waals surface area (Å²) in [5.74, 6) is 0.157. The molecule has 0 fully saturated rings. The van der Waals surface area contributed by atoms with Gasteiger partial charge >= 0.3 is 6.18 Å². The van der Waals surface area contributed by atoms with Gasteiger partial charge in [0, 0.05) is 16.6 Å². The van der Waals surface area contributed by atoms with Crippen LogP contribution in [0, 0.1) is 0 Å². The van der Waals surface area contributed by atoms with Crippen molar-refractivity contribution in [3.63, 3.8) is 0 Å². The average Bonchev–Trinajstić information content (AvgIpc) is 3.17. The summed E-state index contributed by atoms with van der Waals surface area (Å²) in [5.41, 5.74) is 0.449. The molecule has 0 saturated heterocycles. The number of aromatic nitrogens is 1. The molecule has 0 atom stereocenters. The van der Waals surface area contributed by atoms with Crippen LogP contribution in [0.3, 0.4) is 0 Å². The van der Waals surface area contributed by atoms with Gasteiger partial charge in [-0.2, -0.15) is 13.2 Å². The molecule has 3 aromatic rings. The minimum absolute atomic E-state index is 0.178. The monoisotopic (exact) mass is 404 g/mol. The third kappa shape index (κ3) is 4.77. The van der Waals surface area contributed by atoms with Gasteiger partial charge in [0.15, 0.2) is 0 Å². The molecule has 1 heterocycles. The van der Waals surface area contributed by atoms with E-state index in [2.05, 4.69) is 16.9 Å². The second-order valence-electron chi connectivity index (χ2n) is 5.69. The van der Waals surface area contributed by atoms with Gasteiger partial charge in [-0.15, -0.1) is 11.3 Å². The van der Waals surface area contributed by atoms with Crippen LogP contribution in [0.15, 0.2) is 66.6 Å². The second-order valence-corrected chi connectivity index (χ2v) is 6.55. The maximum absolute atomic E-state index is 12.6. The quantitative estimate of drug-likeness (QED) is 0.541. The zero-order valence-electron chi connectivity index (χ0n) is 14.5. The Bertz CT molecular complexity index is 982. The lowest BCUT2D eigenvalue weighted by Gasteiger charge is -2.08. The molecule has 0 bridgehead atoms. The Hall–Kier alpha value is -3.13. The summed E-state index contributed by atoms with van der Waals surface area (Å²) in [6, 6.07) is 11.5. The largest absolute Gasteiger partial charge is 0.490 e. The predicted molar refractivity (Wildman–Crippen MR) is 103 cm³/mol. The highest BCUT2D eigenvalue weighted by Gasteiger charge is 2.30. The van der Waals surface area contributed by atoms with Crippen molar-refractivity contribution in [2.45, 2.75) is 6.18 Å². The van der Waals surface area contributed by atoms with Crippen molar-refractivity contribution < 1.29 is 22.7 Å². The van der Waals surface area contributed by atoms with E-state index in [-0.39, 0.29) is 11.4 Å². The smallest absolute Gasteiger partial charge is 0.416 e. The number of thiazole rings is 1. The highest BCUT2D eigenvalue weighted by atomic mass is 32.1. The van der Waals surface area contributed by atoms with Gasteiger partial charge < -0.3 is 10.1 Å². The molecule has 0 aliphatic heterocycles. The molecule has 0 spiro atoms. The van der Waals surface area contributed by atoms with Crippen LogP contribution in [0.4, 0.5) is 18.9 Å². The lowest BCUT2D eigenvalue weighted by Crippen LogP contribution is -2.12. The number of hydrogen-bond donors (Lipinski definition) is 1. The number of halogens is 3. The van der Waals surface area contributed by atoms with E-state index < -0.39 is 17.6 Å². The summed E-state index contributed by atoms with van der Waals surface area (Å²) < 4.78 is 43.3. The second kappa shape index (κ2) is 8.26. The van der Waals surface area contributed by atoms with Gasteiger partial charge in [-0.25, -0.2) is 4.98 Å². The van der Waals surface area contributed by atoms with Gasteiger partial charge in [-0.05, 0) is 36.4 Å². The molecule has 1 N–H and O–H groups in total. The Morgan fingerprint density at radius 1 is 1.21 bits per heavy atom. The van der Waals surface area contributed by atoms with Crippen LogP contribution in [-0.4, -0.2) is 17.5 Å². The summed E-state index contributed by atoms with van der Waals surface area (Å²) in [6.45, 7) is 3.97. The number of carbonyl (C=O) groups is 1. The molecule has 144 valence electrons. The van der Waals surface area contributed by atoms with Crippen LogP contribution in [-0.2, 0) is 6.18 Å². The van der Waals surface area contributed by atoms with Crippen LogP contribution < -0.4 is 10.1 Å². The van der Waals surface area contributed by atoms with Gasteiger partial charge in [0.25, 0.3) is 5.91 Å². The molecule has 1 aromatic heterocycles. The Kier molecular flexibility index (Phi) is 5.79. The van der Waals surface area contributed by atoms with Crippen LogP contribution in [0.2, 0.25) is 0 Å². The van der Waals surface area contributed by atoms with Crippen molar-refractivity contribution in [3.05, 3.63) is 77.8 Å². The van der Waals surface area contributed by atoms with Gasteiger partial charge in [-0.1, -0.05) is 24.8 Å². The van der Waals surface area contributed by atoms with Crippen LogP contribution in [0.25, 0.3) is 10.6 Å². The molecule has 0 unspecified atom stereocenters. The molecular weight excluding hydrogens is 389 g/mol. The third-order valence-corrected chi connectivity index (χ3v) is 4.55. The van der Waals surface area contributed by atoms with Crippen molar-refractivity contribution in [1.82, 2.24) is 4.98 Å². The normalized spacial score (nSPS) is 11.1. The Labute approximate surface area is 163 Å². The first-order valence-corrected chi connectivity index (χ1v) is 9.03. The highest BCUT2D eigenvalue weighted by molar-refractivity contribution is 7.13. The molecule has 8 heteroatoms. The number of benzene rings is 2. The minimum Gasteiger partial charge on any atom is -0.490 e. The van der Waals surface area contributed by atoms with Gasteiger partial charge in [-0.3, -0.25) is 4.79 Å². The molecule has 0 radical (unpaired) electrons. The van der Waals surface area contributed by atoms with E-state index in [4.69, 9.17) is 4.74 Å². The summed E-state index contributed by atoms with van der Waals surface area (Å²) in [4.78, 5) is 16.6. The van der Waals surface area contributed by atoms with Crippen molar-refractivity contribution >= 4 is 22.9 Å². The number of nitrogens with one attached hydrogen (secondary N) is 1. The SMILES string of the molecule is C=CCOc1cccc(-c2nc(C(=O)Nc3ccc(C(F)(F)F)cc3)cs2)c1. The Morgan fingerprint density at radius 3 is 2.64 bits per heavy atom. The number of anilines is 1. The molecule has 0 aliphatic carbocycles. The van der Waals surface area contributed by atoms with Crippen molar-refractivity contribution in [2.24, 2.45) is 0 Å². The van der Waals surface area contributed by atoms with E-state index in [0.29, 0.717) is 17.4 Å². The fourth-order valence-corrected chi connectivity index (χ4v) is 3.12. The lowest BCUT2D eigenvalue weighted by molar-refractivity contribution is -0.137. The number of carbonyl (C=O) groups excluding carboxylic acids is 1. The van der Waals surface area contributed by atoms with Gasteiger partial charge in [0.1, 0.15) is 23.1 Å². The molecule has 3 rings (SSSR count). The summed E-state index contributed by atoms with van der Waals surface area (Å²) >= 11 is 1.28. The van der Waals surface area contributed by atoms with Crippen molar-refractivity contribution in [2.75, 3.05) is 11.9 Å². The molecule has 0 aliphatic rings. The fourth-order valence-electron chi connectivity index (χ4n) is 2.32. The Balaban J connectivity index is 1.71. The molecular formula is C20H15F3N2O2S. The number of alkyl halides is 3. The van der Waals surface area contributed by atoms with E-state index in [1.54, 1.807) is 23.6 Å². The van der Waals surface area contributed by atoms with Crippen LogP contribution in [0.1, 0.15) is 16.1 Å². The van der Waals surface area contributed by atoms with Gasteiger partial charge in [0.05, 0.1) is 5.56 Å². The third-order valence-electron chi connectivity index (χ3n) is 3.66. The zero-order chi connectivity index (χ0) is 20.1. The first kappa shape index (κ1) is 19.6. The lowest BCUT2D eigenvalue weighted by atomic mass is 10.2. The van der Waals surface area contributed by atoms with Gasteiger partial charge in [0.2, 0.25) is 0 Å². The number of ether oxygens (including phenoxy) is 1. The first-order chi connectivity index (χ1) is 13.4. The van der Waals surface area contributed by atoms with E-state index in [9.17, 15) is 18.0 Å². The average molecular weight is 404 g/mol. The number of rotatable bonds is 6. The van der Waals surface area contributed by atoms with Crippen LogP contribution >= 0.6 is 11.3 Å². The maximum Gasteiger partial charge on any atom is 0.416 e. The molecule has 0 saturated carbocycles. The molecule has 28 heavy (non-hydrogen) atoms. The standard InChI is InChI=1S/C20H15F3N2O2S/c1-2-10-27-16-5-3-4-13(11-16)19-25-17(12-28-19)18(26)24-15-8-6-14(7-9-15)20(21,22)23/h2-9,11-12H,1,10H2,(H,24,26). The number of nitrogens with zero attached hydrogens (tertiary/aromatic N) is 1. The fraction of sp³-hybridized carbons (Fsp3) is 0.100. The van der Waals surface area contributed by atoms with Crippen molar-refractivity contribution in [1.29, 1.82) is 0 Å². The zero-order valence-corrected chi connectivity index (χ0v) is 15.3.